The Bertz CT molecular complexity index is 1420. The zero-order valence-corrected chi connectivity index (χ0v) is 18.8. The largest absolute Gasteiger partial charge is 0.416 e. The molecule has 0 aliphatic carbocycles. The van der Waals surface area contributed by atoms with Crippen LogP contribution in [0.15, 0.2) is 60.7 Å². The van der Waals surface area contributed by atoms with E-state index >= 15 is 0 Å². The molecule has 4 rings (SSSR count). The Morgan fingerprint density at radius 3 is 2.34 bits per heavy atom. The van der Waals surface area contributed by atoms with Crippen LogP contribution in [0, 0.1) is 12.7 Å². The number of H-pyrrole nitrogens is 1. The van der Waals surface area contributed by atoms with Gasteiger partial charge in [0.25, 0.3) is 11.8 Å². The Morgan fingerprint density at radius 1 is 0.971 bits per heavy atom. The molecule has 0 spiro atoms. The van der Waals surface area contributed by atoms with Gasteiger partial charge in [-0.15, -0.1) is 0 Å². The standard InChI is InChI=1S/C26H21F4N3O2/c1-14-10-19(20-12-21(25(35)31-2)33-23(20)22(14)27)16-6-8-17(9-7-16)24(34)32-13-15-4-3-5-18(11-15)26(28,29)30/h3-12,33H,13H2,1-2H3,(H,31,35)(H,32,34). The van der Waals surface area contributed by atoms with Gasteiger partial charge in [0, 0.05) is 24.5 Å². The van der Waals surface area contributed by atoms with Crippen LogP contribution in [0.3, 0.4) is 0 Å². The van der Waals surface area contributed by atoms with Crippen LogP contribution in [0.25, 0.3) is 22.0 Å². The third-order valence-corrected chi connectivity index (χ3v) is 5.67. The molecule has 0 aliphatic rings. The number of hydrogen-bond acceptors (Lipinski definition) is 2. The number of hydrogen-bond donors (Lipinski definition) is 3. The molecule has 0 saturated heterocycles. The summed E-state index contributed by atoms with van der Waals surface area (Å²) < 4.78 is 53.3. The van der Waals surface area contributed by atoms with Gasteiger partial charge in [0.15, 0.2) is 0 Å². The van der Waals surface area contributed by atoms with Crippen molar-refractivity contribution in [2.24, 2.45) is 0 Å². The topological polar surface area (TPSA) is 74.0 Å². The second kappa shape index (κ2) is 9.25. The zero-order chi connectivity index (χ0) is 25.3. The van der Waals surface area contributed by atoms with E-state index in [0.717, 1.165) is 12.1 Å². The molecule has 2 amide bonds. The molecule has 1 heterocycles. The van der Waals surface area contributed by atoms with Gasteiger partial charge in [-0.05, 0) is 65.6 Å². The first-order valence-electron chi connectivity index (χ1n) is 10.7. The molecule has 9 heteroatoms. The molecule has 0 atom stereocenters. The maximum absolute atomic E-state index is 14.7. The van der Waals surface area contributed by atoms with E-state index in [0.29, 0.717) is 33.2 Å². The van der Waals surface area contributed by atoms with E-state index in [1.165, 1.54) is 19.2 Å². The summed E-state index contributed by atoms with van der Waals surface area (Å²) >= 11 is 0. The first kappa shape index (κ1) is 24.0. The van der Waals surface area contributed by atoms with Gasteiger partial charge >= 0.3 is 6.18 Å². The van der Waals surface area contributed by atoms with Crippen LogP contribution in [-0.4, -0.2) is 23.8 Å². The van der Waals surface area contributed by atoms with E-state index in [9.17, 15) is 27.2 Å². The van der Waals surface area contributed by atoms with Crippen LogP contribution >= 0.6 is 0 Å². The average molecular weight is 483 g/mol. The van der Waals surface area contributed by atoms with Crippen molar-refractivity contribution in [1.82, 2.24) is 15.6 Å². The lowest BCUT2D eigenvalue weighted by molar-refractivity contribution is -0.137. The Balaban J connectivity index is 1.56. The number of benzene rings is 3. The Labute approximate surface area is 198 Å². The quantitative estimate of drug-likeness (QED) is 0.324. The van der Waals surface area contributed by atoms with Crippen LogP contribution < -0.4 is 10.6 Å². The van der Waals surface area contributed by atoms with Gasteiger partial charge in [0.2, 0.25) is 0 Å². The summed E-state index contributed by atoms with van der Waals surface area (Å²) in [5.74, 6) is -1.28. The fourth-order valence-corrected chi connectivity index (χ4v) is 3.83. The molecule has 3 N–H and O–H groups in total. The summed E-state index contributed by atoms with van der Waals surface area (Å²) in [6.45, 7) is 1.56. The number of aromatic amines is 1. The minimum absolute atomic E-state index is 0.0616. The lowest BCUT2D eigenvalue weighted by Crippen LogP contribution is -2.23. The molecule has 4 aromatic rings. The van der Waals surface area contributed by atoms with Crippen molar-refractivity contribution in [2.45, 2.75) is 19.6 Å². The van der Waals surface area contributed by atoms with Crippen molar-refractivity contribution in [2.75, 3.05) is 7.05 Å². The summed E-state index contributed by atoms with van der Waals surface area (Å²) in [6, 6.07) is 14.5. The highest BCUT2D eigenvalue weighted by Crippen LogP contribution is 2.33. The van der Waals surface area contributed by atoms with Gasteiger partial charge in [0.05, 0.1) is 11.1 Å². The van der Waals surface area contributed by atoms with Crippen molar-refractivity contribution in [1.29, 1.82) is 0 Å². The first-order chi connectivity index (χ1) is 16.6. The Kier molecular flexibility index (Phi) is 6.34. The summed E-state index contributed by atoms with van der Waals surface area (Å²) in [6.07, 6.45) is -4.46. The molecule has 1 aromatic heterocycles. The molecule has 3 aromatic carbocycles. The van der Waals surface area contributed by atoms with Crippen LogP contribution in [0.4, 0.5) is 17.6 Å². The lowest BCUT2D eigenvalue weighted by atomic mass is 9.97. The van der Waals surface area contributed by atoms with Crippen LogP contribution in [0.1, 0.15) is 37.5 Å². The first-order valence-corrected chi connectivity index (χ1v) is 10.7. The lowest BCUT2D eigenvalue weighted by Gasteiger charge is -2.11. The fraction of sp³-hybridized carbons (Fsp3) is 0.154. The van der Waals surface area contributed by atoms with E-state index in [1.54, 1.807) is 43.3 Å². The van der Waals surface area contributed by atoms with Crippen molar-refractivity contribution in [3.63, 3.8) is 0 Å². The number of halogens is 4. The normalized spacial score (nSPS) is 11.5. The Hall–Kier alpha value is -4.14. The number of carbonyl (C=O) groups excluding carboxylic acids is 2. The molecule has 0 aliphatic heterocycles. The molecule has 0 saturated carbocycles. The number of fused-ring (bicyclic) bond motifs is 1. The minimum atomic E-state index is -4.46. The van der Waals surface area contributed by atoms with Crippen molar-refractivity contribution < 1.29 is 27.2 Å². The van der Waals surface area contributed by atoms with Crippen molar-refractivity contribution in [3.05, 3.63) is 94.4 Å². The van der Waals surface area contributed by atoms with Crippen molar-refractivity contribution >= 4 is 22.7 Å². The van der Waals surface area contributed by atoms with Crippen molar-refractivity contribution in [3.8, 4) is 11.1 Å². The molecule has 180 valence electrons. The highest BCUT2D eigenvalue weighted by Gasteiger charge is 2.30. The number of carbonyl (C=O) groups is 2. The number of nitrogens with one attached hydrogen (secondary N) is 3. The zero-order valence-electron chi connectivity index (χ0n) is 18.8. The highest BCUT2D eigenvalue weighted by atomic mass is 19.4. The molecular weight excluding hydrogens is 462 g/mol. The predicted molar refractivity (Wildman–Crippen MR) is 124 cm³/mol. The summed E-state index contributed by atoms with van der Waals surface area (Å²) in [5.41, 5.74) is 2.07. The fourth-order valence-electron chi connectivity index (χ4n) is 3.83. The smallest absolute Gasteiger partial charge is 0.354 e. The van der Waals surface area contributed by atoms with Crippen LogP contribution in [0.2, 0.25) is 0 Å². The maximum Gasteiger partial charge on any atom is 0.416 e. The third kappa shape index (κ3) is 4.89. The summed E-state index contributed by atoms with van der Waals surface area (Å²) in [5, 5.41) is 5.63. The second-order valence-electron chi connectivity index (χ2n) is 8.06. The third-order valence-electron chi connectivity index (χ3n) is 5.67. The minimum Gasteiger partial charge on any atom is -0.354 e. The number of rotatable bonds is 5. The van der Waals surface area contributed by atoms with Gasteiger partial charge in [-0.1, -0.05) is 24.3 Å². The molecule has 0 radical (unpaired) electrons. The molecular formula is C26H21F4N3O2. The number of alkyl halides is 3. The maximum atomic E-state index is 14.7. The predicted octanol–water partition coefficient (Wildman–Crippen LogP) is 5.59. The van der Waals surface area contributed by atoms with E-state index in [1.807, 2.05) is 0 Å². The number of aryl methyl sites for hydroxylation is 1. The van der Waals surface area contributed by atoms with E-state index in [-0.39, 0.29) is 23.7 Å². The van der Waals surface area contributed by atoms with E-state index in [4.69, 9.17) is 0 Å². The van der Waals surface area contributed by atoms with Gasteiger partial charge in [-0.3, -0.25) is 9.59 Å². The van der Waals surface area contributed by atoms with Gasteiger partial charge in [0.1, 0.15) is 11.5 Å². The number of amides is 2. The molecule has 0 fully saturated rings. The average Bonchev–Trinajstić information content (AvgIpc) is 3.30. The molecule has 0 unspecified atom stereocenters. The second-order valence-corrected chi connectivity index (χ2v) is 8.06. The summed E-state index contributed by atoms with van der Waals surface area (Å²) in [4.78, 5) is 27.4. The molecule has 0 bridgehead atoms. The molecule has 35 heavy (non-hydrogen) atoms. The van der Waals surface area contributed by atoms with Gasteiger partial charge in [-0.2, -0.15) is 13.2 Å². The van der Waals surface area contributed by atoms with E-state index < -0.39 is 23.5 Å². The number of aromatic nitrogens is 1. The van der Waals surface area contributed by atoms with Gasteiger partial charge in [-0.25, -0.2) is 4.39 Å². The van der Waals surface area contributed by atoms with E-state index in [2.05, 4.69) is 15.6 Å². The van der Waals surface area contributed by atoms with Gasteiger partial charge < -0.3 is 15.6 Å². The monoisotopic (exact) mass is 483 g/mol. The van der Waals surface area contributed by atoms with Crippen LogP contribution in [0.5, 0.6) is 0 Å². The molecule has 5 nitrogen and oxygen atoms in total. The highest BCUT2D eigenvalue weighted by molar-refractivity contribution is 6.03. The summed E-state index contributed by atoms with van der Waals surface area (Å²) in [7, 11) is 1.48. The SMILES string of the molecule is CNC(=O)c1cc2c(-c3ccc(C(=O)NCc4cccc(C(F)(F)F)c4)cc3)cc(C)c(F)c2[nH]1. The van der Waals surface area contributed by atoms with Crippen LogP contribution in [-0.2, 0) is 12.7 Å². The Morgan fingerprint density at radius 2 is 1.69 bits per heavy atom.